The molecule has 0 bridgehead atoms. The molecular weight excluding hydrogens is 388 g/mol. The SMILES string of the molecule is Cc1ccc(-c2cc(C(=O)N(C)CCC(N)C(C)C)c3c(C)noc3n2)cc1.Cl. The molecule has 2 aromatic heterocycles. The van der Waals surface area contributed by atoms with Crippen LogP contribution in [0.3, 0.4) is 0 Å². The average molecular weight is 417 g/mol. The van der Waals surface area contributed by atoms with E-state index < -0.39 is 0 Å². The van der Waals surface area contributed by atoms with E-state index in [0.29, 0.717) is 40.5 Å². The fourth-order valence-corrected chi connectivity index (χ4v) is 3.12. The van der Waals surface area contributed by atoms with Gasteiger partial charge in [-0.3, -0.25) is 4.79 Å². The lowest BCUT2D eigenvalue weighted by Gasteiger charge is -2.22. The van der Waals surface area contributed by atoms with Gasteiger partial charge in [0.25, 0.3) is 11.6 Å². The second kappa shape index (κ2) is 9.37. The number of hydrogen-bond donors (Lipinski definition) is 1. The van der Waals surface area contributed by atoms with E-state index in [2.05, 4.69) is 24.0 Å². The summed E-state index contributed by atoms with van der Waals surface area (Å²) in [5.41, 5.74) is 10.5. The number of amides is 1. The molecule has 0 aliphatic rings. The van der Waals surface area contributed by atoms with E-state index in [1.165, 1.54) is 0 Å². The van der Waals surface area contributed by atoms with Crippen LogP contribution in [0.25, 0.3) is 22.4 Å². The Labute approximate surface area is 177 Å². The number of halogens is 1. The minimum atomic E-state index is -0.0805. The van der Waals surface area contributed by atoms with Gasteiger partial charge in [-0.25, -0.2) is 4.98 Å². The maximum Gasteiger partial charge on any atom is 0.259 e. The highest BCUT2D eigenvalue weighted by Crippen LogP contribution is 2.28. The summed E-state index contributed by atoms with van der Waals surface area (Å²) in [6.45, 7) is 8.63. The molecule has 3 rings (SSSR count). The van der Waals surface area contributed by atoms with Gasteiger partial charge in [-0.05, 0) is 32.3 Å². The summed E-state index contributed by atoms with van der Waals surface area (Å²) >= 11 is 0. The summed E-state index contributed by atoms with van der Waals surface area (Å²) in [7, 11) is 1.80. The van der Waals surface area contributed by atoms with Gasteiger partial charge in [0, 0.05) is 25.2 Å². The van der Waals surface area contributed by atoms with E-state index in [4.69, 9.17) is 10.3 Å². The zero-order chi connectivity index (χ0) is 20.4. The van der Waals surface area contributed by atoms with Crippen molar-refractivity contribution in [2.45, 2.75) is 40.2 Å². The van der Waals surface area contributed by atoms with E-state index in [9.17, 15) is 4.79 Å². The fourth-order valence-electron chi connectivity index (χ4n) is 3.12. The highest BCUT2D eigenvalue weighted by molar-refractivity contribution is 6.06. The molecule has 156 valence electrons. The Hall–Kier alpha value is -2.44. The number of hydrogen-bond acceptors (Lipinski definition) is 5. The molecule has 2 N–H and O–H groups in total. The molecule has 1 aromatic carbocycles. The van der Waals surface area contributed by atoms with E-state index in [0.717, 1.165) is 17.5 Å². The Morgan fingerprint density at radius 1 is 1.21 bits per heavy atom. The predicted molar refractivity (Wildman–Crippen MR) is 118 cm³/mol. The third-order valence-corrected chi connectivity index (χ3v) is 5.20. The number of nitrogens with zero attached hydrogens (tertiary/aromatic N) is 3. The van der Waals surface area contributed by atoms with Crippen LogP contribution < -0.4 is 5.73 Å². The van der Waals surface area contributed by atoms with Crippen LogP contribution in [0.5, 0.6) is 0 Å². The lowest BCUT2D eigenvalue weighted by atomic mass is 10.0. The van der Waals surface area contributed by atoms with Gasteiger partial charge >= 0.3 is 0 Å². The zero-order valence-electron chi connectivity index (χ0n) is 17.6. The summed E-state index contributed by atoms with van der Waals surface area (Å²) in [4.78, 5) is 19.5. The van der Waals surface area contributed by atoms with Gasteiger partial charge in [0.1, 0.15) is 0 Å². The molecule has 0 fully saturated rings. The highest BCUT2D eigenvalue weighted by Gasteiger charge is 2.22. The predicted octanol–water partition coefficient (Wildman–Crippen LogP) is 4.37. The van der Waals surface area contributed by atoms with Crippen LogP contribution in [0.2, 0.25) is 0 Å². The first-order chi connectivity index (χ1) is 13.3. The third-order valence-electron chi connectivity index (χ3n) is 5.20. The molecule has 0 aliphatic heterocycles. The van der Waals surface area contributed by atoms with Crippen molar-refractivity contribution < 1.29 is 9.32 Å². The lowest BCUT2D eigenvalue weighted by molar-refractivity contribution is 0.0791. The Morgan fingerprint density at radius 3 is 2.48 bits per heavy atom. The molecule has 0 saturated heterocycles. The molecule has 0 saturated carbocycles. The van der Waals surface area contributed by atoms with E-state index in [1.54, 1.807) is 11.9 Å². The molecule has 7 heteroatoms. The topological polar surface area (TPSA) is 85.2 Å². The van der Waals surface area contributed by atoms with Gasteiger partial charge in [0.15, 0.2) is 0 Å². The molecule has 0 aliphatic carbocycles. The van der Waals surface area contributed by atoms with Gasteiger partial charge in [-0.15, -0.1) is 12.4 Å². The minimum Gasteiger partial charge on any atom is -0.342 e. The minimum absolute atomic E-state index is 0. The number of benzene rings is 1. The monoisotopic (exact) mass is 416 g/mol. The number of rotatable bonds is 6. The molecule has 2 heterocycles. The maximum atomic E-state index is 13.2. The number of aromatic nitrogens is 2. The van der Waals surface area contributed by atoms with Gasteiger partial charge < -0.3 is 15.2 Å². The first-order valence-corrected chi connectivity index (χ1v) is 9.63. The van der Waals surface area contributed by atoms with Crippen molar-refractivity contribution in [2.24, 2.45) is 11.7 Å². The number of carbonyl (C=O) groups excluding carboxylic acids is 1. The van der Waals surface area contributed by atoms with Crippen molar-refractivity contribution in [1.82, 2.24) is 15.0 Å². The number of aryl methyl sites for hydroxylation is 2. The molecule has 1 atom stereocenters. The first-order valence-electron chi connectivity index (χ1n) is 9.63. The molecule has 3 aromatic rings. The standard InChI is InChI=1S/C22H28N4O2.ClH/c1-13(2)18(23)10-11-26(5)22(27)17-12-19(16-8-6-14(3)7-9-16)24-21-20(17)15(4)25-28-21;/h6-9,12-13,18H,10-11,23H2,1-5H3;1H. The second-order valence-corrected chi connectivity index (χ2v) is 7.79. The largest absolute Gasteiger partial charge is 0.342 e. The highest BCUT2D eigenvalue weighted by atomic mass is 35.5. The smallest absolute Gasteiger partial charge is 0.259 e. The molecule has 6 nitrogen and oxygen atoms in total. The fraction of sp³-hybridized carbons (Fsp3) is 0.409. The van der Waals surface area contributed by atoms with Crippen LogP contribution in [-0.2, 0) is 0 Å². The zero-order valence-corrected chi connectivity index (χ0v) is 18.4. The summed E-state index contributed by atoms with van der Waals surface area (Å²) in [6.07, 6.45) is 0.752. The summed E-state index contributed by atoms with van der Waals surface area (Å²) in [6, 6.07) is 9.92. The second-order valence-electron chi connectivity index (χ2n) is 7.79. The Kier molecular flexibility index (Phi) is 7.38. The average Bonchev–Trinajstić information content (AvgIpc) is 3.06. The molecule has 0 spiro atoms. The number of fused-ring (bicyclic) bond motifs is 1. The Morgan fingerprint density at radius 2 is 1.86 bits per heavy atom. The molecule has 1 unspecified atom stereocenters. The van der Waals surface area contributed by atoms with Crippen LogP contribution in [0.4, 0.5) is 0 Å². The van der Waals surface area contributed by atoms with Crippen molar-refractivity contribution in [3.05, 3.63) is 47.2 Å². The van der Waals surface area contributed by atoms with Crippen molar-refractivity contribution in [2.75, 3.05) is 13.6 Å². The van der Waals surface area contributed by atoms with Gasteiger partial charge in [-0.1, -0.05) is 48.8 Å². The molecular formula is C22H29ClN4O2. The maximum absolute atomic E-state index is 13.2. The molecule has 29 heavy (non-hydrogen) atoms. The molecule has 1 amide bonds. The third kappa shape index (κ3) is 4.95. The van der Waals surface area contributed by atoms with E-state index >= 15 is 0 Å². The van der Waals surface area contributed by atoms with Gasteiger partial charge in [0.05, 0.1) is 22.3 Å². The van der Waals surface area contributed by atoms with Crippen molar-refractivity contribution in [3.63, 3.8) is 0 Å². The van der Waals surface area contributed by atoms with Crippen molar-refractivity contribution in [1.29, 1.82) is 0 Å². The van der Waals surface area contributed by atoms with Crippen LogP contribution in [-0.4, -0.2) is 40.6 Å². The van der Waals surface area contributed by atoms with Crippen LogP contribution in [0.1, 0.15) is 41.9 Å². The quantitative estimate of drug-likeness (QED) is 0.644. The lowest BCUT2D eigenvalue weighted by Crippen LogP contribution is -2.34. The van der Waals surface area contributed by atoms with Crippen LogP contribution in [0.15, 0.2) is 34.9 Å². The summed E-state index contributed by atoms with van der Waals surface area (Å²) < 4.78 is 5.38. The Bertz CT molecular complexity index is 982. The number of nitrogens with two attached hydrogens (primary N) is 1. The summed E-state index contributed by atoms with van der Waals surface area (Å²) in [5, 5.41) is 4.68. The Balaban J connectivity index is 0.00000300. The van der Waals surface area contributed by atoms with Gasteiger partial charge in [0.2, 0.25) is 0 Å². The number of pyridine rings is 1. The van der Waals surface area contributed by atoms with E-state index in [1.807, 2.05) is 44.2 Å². The van der Waals surface area contributed by atoms with Crippen molar-refractivity contribution >= 4 is 29.4 Å². The van der Waals surface area contributed by atoms with Crippen LogP contribution >= 0.6 is 12.4 Å². The van der Waals surface area contributed by atoms with Gasteiger partial charge in [-0.2, -0.15) is 0 Å². The number of carbonyl (C=O) groups is 1. The first kappa shape index (κ1) is 22.8. The summed E-state index contributed by atoms with van der Waals surface area (Å²) in [5.74, 6) is 0.299. The normalized spacial score (nSPS) is 12.1. The van der Waals surface area contributed by atoms with Crippen LogP contribution in [0, 0.1) is 19.8 Å². The van der Waals surface area contributed by atoms with Crippen molar-refractivity contribution in [3.8, 4) is 11.3 Å². The molecule has 0 radical (unpaired) electrons. The van der Waals surface area contributed by atoms with E-state index in [-0.39, 0.29) is 24.4 Å².